The Labute approximate surface area is 152 Å². The quantitative estimate of drug-likeness (QED) is 0.709. The molecule has 4 heteroatoms. The van der Waals surface area contributed by atoms with Crippen LogP contribution in [0, 0.1) is 6.92 Å². The summed E-state index contributed by atoms with van der Waals surface area (Å²) in [6, 6.07) is 13.1. The number of phenols is 1. The molecule has 4 rings (SSSR count). The van der Waals surface area contributed by atoms with Crippen molar-refractivity contribution in [3.8, 4) is 16.9 Å². The van der Waals surface area contributed by atoms with E-state index in [-0.39, 0.29) is 11.4 Å². The smallest absolute Gasteiger partial charge is 0.344 e. The zero-order chi connectivity index (χ0) is 18.1. The van der Waals surface area contributed by atoms with E-state index in [0.29, 0.717) is 23.3 Å². The molecular formula is C22H23NO3. The Kier molecular flexibility index (Phi) is 4.51. The van der Waals surface area contributed by atoms with E-state index in [0.717, 1.165) is 29.6 Å². The van der Waals surface area contributed by atoms with Crippen molar-refractivity contribution in [2.75, 3.05) is 13.1 Å². The van der Waals surface area contributed by atoms with Gasteiger partial charge in [0.25, 0.3) is 0 Å². The molecule has 0 spiro atoms. The van der Waals surface area contributed by atoms with E-state index in [4.69, 9.17) is 4.42 Å². The lowest BCUT2D eigenvalue weighted by molar-refractivity contribution is 0.218. The third kappa shape index (κ3) is 3.01. The zero-order valence-corrected chi connectivity index (χ0v) is 15.0. The highest BCUT2D eigenvalue weighted by molar-refractivity contribution is 5.89. The summed E-state index contributed by atoms with van der Waals surface area (Å²) in [7, 11) is 0. The molecule has 1 N–H and O–H groups in total. The largest absolute Gasteiger partial charge is 0.507 e. The number of aromatic hydroxyl groups is 1. The molecular weight excluding hydrogens is 326 g/mol. The van der Waals surface area contributed by atoms with Gasteiger partial charge >= 0.3 is 5.63 Å². The summed E-state index contributed by atoms with van der Waals surface area (Å²) in [5, 5.41) is 11.3. The normalized spacial score (nSPS) is 15.4. The van der Waals surface area contributed by atoms with Crippen molar-refractivity contribution in [1.29, 1.82) is 0 Å². The first-order valence-electron chi connectivity index (χ1n) is 9.21. The van der Waals surface area contributed by atoms with Crippen LogP contribution in [0.4, 0.5) is 0 Å². The SMILES string of the molecule is Cc1c(-c2ccccc2)c(=O)oc2c(CN3CCCCC3)c(O)ccc12. The van der Waals surface area contributed by atoms with Crippen molar-refractivity contribution in [1.82, 2.24) is 4.90 Å². The molecule has 0 radical (unpaired) electrons. The molecule has 1 saturated heterocycles. The predicted octanol–water partition coefficient (Wildman–Crippen LogP) is 4.46. The van der Waals surface area contributed by atoms with Crippen LogP contribution in [-0.2, 0) is 6.54 Å². The van der Waals surface area contributed by atoms with E-state index in [1.807, 2.05) is 43.3 Å². The number of benzene rings is 2. The van der Waals surface area contributed by atoms with Gasteiger partial charge in [-0.2, -0.15) is 0 Å². The molecule has 0 saturated carbocycles. The average Bonchev–Trinajstić information content (AvgIpc) is 2.66. The van der Waals surface area contributed by atoms with Gasteiger partial charge < -0.3 is 9.52 Å². The Morgan fingerprint density at radius 1 is 1.04 bits per heavy atom. The first-order valence-corrected chi connectivity index (χ1v) is 9.21. The van der Waals surface area contributed by atoms with Gasteiger partial charge in [0, 0.05) is 11.9 Å². The van der Waals surface area contributed by atoms with Crippen LogP contribution in [0.5, 0.6) is 5.75 Å². The topological polar surface area (TPSA) is 53.7 Å². The summed E-state index contributed by atoms with van der Waals surface area (Å²) in [5.74, 6) is 0.193. The molecule has 2 aromatic carbocycles. The number of piperidine rings is 1. The van der Waals surface area contributed by atoms with Crippen LogP contribution < -0.4 is 5.63 Å². The number of hydrogen-bond acceptors (Lipinski definition) is 4. The lowest BCUT2D eigenvalue weighted by atomic mass is 9.97. The van der Waals surface area contributed by atoms with Crippen molar-refractivity contribution in [2.24, 2.45) is 0 Å². The maximum Gasteiger partial charge on any atom is 0.344 e. The van der Waals surface area contributed by atoms with Crippen LogP contribution >= 0.6 is 0 Å². The first kappa shape index (κ1) is 16.9. The van der Waals surface area contributed by atoms with Crippen LogP contribution in [0.15, 0.2) is 51.7 Å². The molecule has 0 bridgehead atoms. The fourth-order valence-electron chi connectivity index (χ4n) is 3.89. The third-order valence-electron chi connectivity index (χ3n) is 5.31. The highest BCUT2D eigenvalue weighted by atomic mass is 16.4. The van der Waals surface area contributed by atoms with Gasteiger partial charge in [0.2, 0.25) is 0 Å². The predicted molar refractivity (Wildman–Crippen MR) is 103 cm³/mol. The summed E-state index contributed by atoms with van der Waals surface area (Å²) in [6.07, 6.45) is 3.60. The molecule has 0 aliphatic carbocycles. The molecule has 2 heterocycles. The fourth-order valence-corrected chi connectivity index (χ4v) is 3.89. The molecule has 3 aromatic rings. The Bertz CT molecular complexity index is 986. The van der Waals surface area contributed by atoms with Gasteiger partial charge in [-0.3, -0.25) is 4.90 Å². The lowest BCUT2D eigenvalue weighted by Crippen LogP contribution is -2.29. The van der Waals surface area contributed by atoms with Crippen LogP contribution in [0.25, 0.3) is 22.1 Å². The Morgan fingerprint density at radius 3 is 2.50 bits per heavy atom. The van der Waals surface area contributed by atoms with Gasteiger partial charge in [-0.05, 0) is 56.1 Å². The summed E-state index contributed by atoms with van der Waals surface area (Å²) in [4.78, 5) is 15.1. The van der Waals surface area contributed by atoms with E-state index in [1.54, 1.807) is 6.07 Å². The highest BCUT2D eigenvalue weighted by Crippen LogP contribution is 2.33. The van der Waals surface area contributed by atoms with E-state index in [9.17, 15) is 9.90 Å². The van der Waals surface area contributed by atoms with Gasteiger partial charge in [0.05, 0.1) is 11.1 Å². The minimum absolute atomic E-state index is 0.193. The maximum atomic E-state index is 12.7. The minimum Gasteiger partial charge on any atom is -0.507 e. The molecule has 1 aromatic heterocycles. The summed E-state index contributed by atoms with van der Waals surface area (Å²) in [5.41, 5.74) is 3.20. The second kappa shape index (κ2) is 6.96. The zero-order valence-electron chi connectivity index (χ0n) is 15.0. The van der Waals surface area contributed by atoms with Gasteiger partial charge in [-0.25, -0.2) is 4.79 Å². The van der Waals surface area contributed by atoms with Crippen molar-refractivity contribution in [2.45, 2.75) is 32.7 Å². The minimum atomic E-state index is -0.355. The number of nitrogens with zero attached hydrogens (tertiary/aromatic N) is 1. The van der Waals surface area contributed by atoms with Crippen LogP contribution in [0.2, 0.25) is 0 Å². The maximum absolute atomic E-state index is 12.7. The molecule has 1 aliphatic rings. The number of hydrogen-bond donors (Lipinski definition) is 1. The second-order valence-corrected chi connectivity index (χ2v) is 7.03. The second-order valence-electron chi connectivity index (χ2n) is 7.03. The Balaban J connectivity index is 1.86. The monoisotopic (exact) mass is 349 g/mol. The summed E-state index contributed by atoms with van der Waals surface area (Å²) < 4.78 is 5.74. The van der Waals surface area contributed by atoms with Crippen molar-refractivity contribution in [3.63, 3.8) is 0 Å². The van der Waals surface area contributed by atoms with Crippen molar-refractivity contribution >= 4 is 11.0 Å². The number of fused-ring (bicyclic) bond motifs is 1. The molecule has 0 amide bonds. The Hall–Kier alpha value is -2.59. The van der Waals surface area contributed by atoms with Gasteiger partial charge in [-0.15, -0.1) is 0 Å². The molecule has 4 nitrogen and oxygen atoms in total. The summed E-state index contributed by atoms with van der Waals surface area (Å²) in [6.45, 7) is 4.59. The molecule has 134 valence electrons. The average molecular weight is 349 g/mol. The number of phenolic OH excluding ortho intramolecular Hbond substituents is 1. The molecule has 0 unspecified atom stereocenters. The van der Waals surface area contributed by atoms with E-state index >= 15 is 0 Å². The molecule has 1 fully saturated rings. The third-order valence-corrected chi connectivity index (χ3v) is 5.31. The van der Waals surface area contributed by atoms with E-state index in [1.165, 1.54) is 19.3 Å². The van der Waals surface area contributed by atoms with Crippen LogP contribution in [0.3, 0.4) is 0 Å². The molecule has 26 heavy (non-hydrogen) atoms. The van der Waals surface area contributed by atoms with Gasteiger partial charge in [0.15, 0.2) is 0 Å². The van der Waals surface area contributed by atoms with Crippen molar-refractivity contribution in [3.05, 3.63) is 64.0 Å². The number of rotatable bonds is 3. The number of likely N-dealkylation sites (tertiary alicyclic amines) is 1. The lowest BCUT2D eigenvalue weighted by Gasteiger charge is -2.27. The first-order chi connectivity index (χ1) is 12.6. The van der Waals surface area contributed by atoms with Crippen molar-refractivity contribution < 1.29 is 9.52 Å². The molecule has 0 atom stereocenters. The number of aryl methyl sites for hydroxylation is 1. The fraction of sp³-hybridized carbons (Fsp3) is 0.318. The summed E-state index contributed by atoms with van der Waals surface area (Å²) >= 11 is 0. The Morgan fingerprint density at radius 2 is 1.77 bits per heavy atom. The van der Waals surface area contributed by atoms with Gasteiger partial charge in [-0.1, -0.05) is 36.8 Å². The van der Waals surface area contributed by atoms with Crippen LogP contribution in [0.1, 0.15) is 30.4 Å². The standard InChI is InChI=1S/C22H23NO3/c1-15-17-10-11-19(24)18(14-23-12-6-3-7-13-23)21(17)26-22(25)20(15)16-8-4-2-5-9-16/h2,4-5,8-11,24H,3,6-7,12-14H2,1H3. The van der Waals surface area contributed by atoms with E-state index < -0.39 is 0 Å². The van der Waals surface area contributed by atoms with Crippen LogP contribution in [-0.4, -0.2) is 23.1 Å². The molecule has 1 aliphatic heterocycles. The van der Waals surface area contributed by atoms with E-state index in [2.05, 4.69) is 4.90 Å². The highest BCUT2D eigenvalue weighted by Gasteiger charge is 2.20. The van der Waals surface area contributed by atoms with Gasteiger partial charge in [0.1, 0.15) is 11.3 Å².